The third kappa shape index (κ3) is 1.12. The van der Waals surface area contributed by atoms with Gasteiger partial charge in [-0.3, -0.25) is 4.68 Å². The van der Waals surface area contributed by atoms with Gasteiger partial charge in [0, 0.05) is 30.3 Å². The van der Waals surface area contributed by atoms with Crippen LogP contribution in [-0.4, -0.2) is 16.3 Å². The quantitative estimate of drug-likeness (QED) is 0.772. The van der Waals surface area contributed by atoms with E-state index in [1.807, 2.05) is 11.7 Å². The van der Waals surface area contributed by atoms with E-state index in [1.165, 1.54) is 30.5 Å². The van der Waals surface area contributed by atoms with Crippen molar-refractivity contribution < 1.29 is 0 Å². The maximum Gasteiger partial charge on any atom is 0.0634 e. The van der Waals surface area contributed by atoms with E-state index < -0.39 is 0 Å². The van der Waals surface area contributed by atoms with Gasteiger partial charge in [0.1, 0.15) is 0 Å². The molecule has 1 aromatic heterocycles. The molecule has 1 aromatic rings. The van der Waals surface area contributed by atoms with Crippen LogP contribution in [0.5, 0.6) is 0 Å². The van der Waals surface area contributed by atoms with E-state index in [0.717, 1.165) is 12.2 Å². The predicted octanol–water partition coefficient (Wildman–Crippen LogP) is 1.42. The average Bonchev–Trinajstić information content (AvgIpc) is 2.31. The Bertz CT molecular complexity index is 342. The molecule has 1 heterocycles. The lowest BCUT2D eigenvalue weighted by Crippen LogP contribution is -2.42. The van der Waals surface area contributed by atoms with Crippen molar-refractivity contribution in [3.8, 4) is 0 Å². The summed E-state index contributed by atoms with van der Waals surface area (Å²) in [4.78, 5) is 0. The smallest absolute Gasteiger partial charge is 0.0634 e. The summed E-state index contributed by atoms with van der Waals surface area (Å²) in [6.45, 7) is 5.00. The SMILES string of the molecule is Cc1nn(C)c(C)c1C1(CN)CCC1. The first-order valence-electron chi connectivity index (χ1n) is 5.31. The molecule has 3 nitrogen and oxygen atoms in total. The Hall–Kier alpha value is -0.830. The number of nitrogens with two attached hydrogens (primary N) is 1. The van der Waals surface area contributed by atoms with Crippen molar-refractivity contribution in [2.45, 2.75) is 38.5 Å². The molecule has 14 heavy (non-hydrogen) atoms. The van der Waals surface area contributed by atoms with E-state index in [-0.39, 0.29) is 5.41 Å². The average molecular weight is 193 g/mol. The van der Waals surface area contributed by atoms with Gasteiger partial charge in [-0.05, 0) is 26.7 Å². The molecular formula is C11H19N3. The first-order valence-corrected chi connectivity index (χ1v) is 5.31. The molecule has 0 amide bonds. The van der Waals surface area contributed by atoms with Gasteiger partial charge in [-0.25, -0.2) is 0 Å². The molecule has 0 bridgehead atoms. The van der Waals surface area contributed by atoms with Gasteiger partial charge in [0.15, 0.2) is 0 Å². The first kappa shape index (κ1) is 9.71. The zero-order chi connectivity index (χ0) is 10.3. The molecule has 1 fully saturated rings. The van der Waals surface area contributed by atoms with Crippen LogP contribution in [0.4, 0.5) is 0 Å². The Kier molecular flexibility index (Phi) is 2.14. The fraction of sp³-hybridized carbons (Fsp3) is 0.727. The normalized spacial score (nSPS) is 19.4. The van der Waals surface area contributed by atoms with Crippen LogP contribution in [0, 0.1) is 13.8 Å². The van der Waals surface area contributed by atoms with E-state index in [9.17, 15) is 0 Å². The molecule has 2 N–H and O–H groups in total. The van der Waals surface area contributed by atoms with Crippen molar-refractivity contribution in [1.82, 2.24) is 9.78 Å². The number of nitrogens with zero attached hydrogens (tertiary/aromatic N) is 2. The second-order valence-electron chi connectivity index (χ2n) is 4.51. The molecule has 1 aliphatic rings. The third-order valence-corrected chi connectivity index (χ3v) is 3.74. The molecule has 0 aromatic carbocycles. The van der Waals surface area contributed by atoms with E-state index >= 15 is 0 Å². The Labute approximate surface area is 85.3 Å². The van der Waals surface area contributed by atoms with Gasteiger partial charge < -0.3 is 5.73 Å². The lowest BCUT2D eigenvalue weighted by molar-refractivity contribution is 0.250. The van der Waals surface area contributed by atoms with E-state index in [1.54, 1.807) is 0 Å². The summed E-state index contributed by atoms with van der Waals surface area (Å²) in [7, 11) is 2.01. The van der Waals surface area contributed by atoms with Gasteiger partial charge in [0.2, 0.25) is 0 Å². The predicted molar refractivity (Wildman–Crippen MR) is 57.3 cm³/mol. The molecule has 0 radical (unpaired) electrons. The van der Waals surface area contributed by atoms with Crippen molar-refractivity contribution >= 4 is 0 Å². The Morgan fingerprint density at radius 2 is 2.07 bits per heavy atom. The molecule has 0 atom stereocenters. The Morgan fingerprint density at radius 1 is 1.43 bits per heavy atom. The highest BCUT2D eigenvalue weighted by Crippen LogP contribution is 2.45. The van der Waals surface area contributed by atoms with Crippen LogP contribution >= 0.6 is 0 Å². The molecule has 78 valence electrons. The monoisotopic (exact) mass is 193 g/mol. The minimum atomic E-state index is 0.252. The minimum Gasteiger partial charge on any atom is -0.330 e. The van der Waals surface area contributed by atoms with E-state index in [0.29, 0.717) is 0 Å². The second kappa shape index (κ2) is 3.09. The van der Waals surface area contributed by atoms with Gasteiger partial charge in [0.25, 0.3) is 0 Å². The first-order chi connectivity index (χ1) is 6.60. The van der Waals surface area contributed by atoms with Crippen LogP contribution in [0.3, 0.4) is 0 Å². The van der Waals surface area contributed by atoms with E-state index in [2.05, 4.69) is 18.9 Å². The number of hydrogen-bond donors (Lipinski definition) is 1. The largest absolute Gasteiger partial charge is 0.330 e. The van der Waals surface area contributed by atoms with Crippen molar-refractivity contribution in [3.05, 3.63) is 17.0 Å². The summed E-state index contributed by atoms with van der Waals surface area (Å²) < 4.78 is 1.97. The van der Waals surface area contributed by atoms with E-state index in [4.69, 9.17) is 5.73 Å². The fourth-order valence-electron chi connectivity index (χ4n) is 2.70. The number of hydrogen-bond acceptors (Lipinski definition) is 2. The highest BCUT2D eigenvalue weighted by atomic mass is 15.3. The highest BCUT2D eigenvalue weighted by Gasteiger charge is 2.40. The number of aromatic nitrogens is 2. The lowest BCUT2D eigenvalue weighted by Gasteiger charge is -2.41. The van der Waals surface area contributed by atoms with Crippen LogP contribution in [0.2, 0.25) is 0 Å². The van der Waals surface area contributed by atoms with Crippen LogP contribution in [0.15, 0.2) is 0 Å². The van der Waals surface area contributed by atoms with Crippen LogP contribution in [-0.2, 0) is 12.5 Å². The molecule has 3 heteroatoms. The molecular weight excluding hydrogens is 174 g/mol. The second-order valence-corrected chi connectivity index (χ2v) is 4.51. The summed E-state index contributed by atoms with van der Waals surface area (Å²) in [6.07, 6.45) is 3.78. The van der Waals surface area contributed by atoms with Crippen molar-refractivity contribution in [2.75, 3.05) is 6.54 Å². The van der Waals surface area contributed by atoms with Gasteiger partial charge in [-0.1, -0.05) is 6.42 Å². The minimum absolute atomic E-state index is 0.252. The molecule has 2 rings (SSSR count). The number of aryl methyl sites for hydroxylation is 2. The highest BCUT2D eigenvalue weighted by molar-refractivity contribution is 5.36. The van der Waals surface area contributed by atoms with Crippen LogP contribution in [0.1, 0.15) is 36.2 Å². The maximum absolute atomic E-state index is 5.91. The van der Waals surface area contributed by atoms with Crippen molar-refractivity contribution in [2.24, 2.45) is 12.8 Å². The summed E-state index contributed by atoms with van der Waals surface area (Å²) in [5, 5.41) is 4.47. The number of rotatable bonds is 2. The van der Waals surface area contributed by atoms with Gasteiger partial charge in [-0.2, -0.15) is 5.10 Å². The molecule has 1 saturated carbocycles. The maximum atomic E-state index is 5.91. The standard InChI is InChI=1S/C11H19N3/c1-8-10(9(2)14(3)13-8)11(7-12)5-4-6-11/h4-7,12H2,1-3H3. The van der Waals surface area contributed by atoms with Crippen molar-refractivity contribution in [3.63, 3.8) is 0 Å². The van der Waals surface area contributed by atoms with Crippen molar-refractivity contribution in [1.29, 1.82) is 0 Å². The fourth-order valence-corrected chi connectivity index (χ4v) is 2.70. The molecule has 0 saturated heterocycles. The summed E-state index contributed by atoms with van der Waals surface area (Å²) >= 11 is 0. The Morgan fingerprint density at radius 3 is 2.36 bits per heavy atom. The zero-order valence-corrected chi connectivity index (χ0v) is 9.30. The van der Waals surface area contributed by atoms with Gasteiger partial charge in [0.05, 0.1) is 5.69 Å². The van der Waals surface area contributed by atoms with Gasteiger partial charge >= 0.3 is 0 Å². The lowest BCUT2D eigenvalue weighted by atomic mass is 9.64. The summed E-state index contributed by atoms with van der Waals surface area (Å²) in [5.41, 5.74) is 10.0. The summed E-state index contributed by atoms with van der Waals surface area (Å²) in [6, 6.07) is 0. The molecule has 0 unspecified atom stereocenters. The molecule has 0 aliphatic heterocycles. The third-order valence-electron chi connectivity index (χ3n) is 3.74. The van der Waals surface area contributed by atoms with Gasteiger partial charge in [-0.15, -0.1) is 0 Å². The topological polar surface area (TPSA) is 43.8 Å². The zero-order valence-electron chi connectivity index (χ0n) is 9.30. The Balaban J connectivity index is 2.49. The summed E-state index contributed by atoms with van der Waals surface area (Å²) in [5.74, 6) is 0. The molecule has 1 aliphatic carbocycles. The van der Waals surface area contributed by atoms with Crippen LogP contribution in [0.25, 0.3) is 0 Å². The van der Waals surface area contributed by atoms with Crippen LogP contribution < -0.4 is 5.73 Å². The molecule has 0 spiro atoms.